The van der Waals surface area contributed by atoms with Crippen LogP contribution in [0, 0.1) is 0 Å². The largest absolute Gasteiger partial charge is 0.444 e. The van der Waals surface area contributed by atoms with Crippen molar-refractivity contribution in [3.63, 3.8) is 0 Å². The number of anilines is 1. The second-order valence-corrected chi connectivity index (χ2v) is 13.9. The van der Waals surface area contributed by atoms with Gasteiger partial charge in [-0.2, -0.15) is 0 Å². The Morgan fingerprint density at radius 2 is 1.47 bits per heavy atom. The van der Waals surface area contributed by atoms with Crippen LogP contribution >= 0.6 is 0 Å². The number of carbonyl (C=O) groups is 4. The van der Waals surface area contributed by atoms with Crippen LogP contribution < -0.4 is 16.0 Å². The summed E-state index contributed by atoms with van der Waals surface area (Å²) in [6.45, 7) is 9.65. The topological polar surface area (TPSA) is 144 Å². The average molecular weight is 675 g/mol. The number of aromatic nitrogens is 2. The molecule has 3 N–H and O–H groups in total. The Kier molecular flexibility index (Phi) is 13.0. The summed E-state index contributed by atoms with van der Waals surface area (Å²) in [5.41, 5.74) is -0.471. The molecule has 264 valence electrons. The number of nitrogens with one attached hydrogen (secondary N) is 3. The van der Waals surface area contributed by atoms with Crippen molar-refractivity contribution in [1.29, 1.82) is 0 Å². The molecule has 3 aromatic rings. The SMILES string of the molecule is CC(C)(C)OC(=O)NC(C)(C)C(=O)N[C@H](COCc1ccccc1)C(=O)Nc1cn(C(C(=O)N2CCCCCCC2)c2ccccc2)cn1. The zero-order valence-electron chi connectivity index (χ0n) is 29.2. The number of hydrogen-bond donors (Lipinski definition) is 3. The van der Waals surface area contributed by atoms with Crippen molar-refractivity contribution in [2.24, 2.45) is 0 Å². The Bertz CT molecular complexity index is 1530. The van der Waals surface area contributed by atoms with E-state index in [0.29, 0.717) is 13.1 Å². The highest BCUT2D eigenvalue weighted by Crippen LogP contribution is 2.24. The number of alkyl carbamates (subject to hydrolysis) is 1. The van der Waals surface area contributed by atoms with E-state index in [1.165, 1.54) is 26.6 Å². The van der Waals surface area contributed by atoms with Gasteiger partial charge in [-0.1, -0.05) is 79.9 Å². The molecule has 0 saturated carbocycles. The Balaban J connectivity index is 1.51. The van der Waals surface area contributed by atoms with Crippen LogP contribution in [0.15, 0.2) is 73.2 Å². The zero-order chi connectivity index (χ0) is 35.4. The van der Waals surface area contributed by atoms with Gasteiger partial charge in [0.1, 0.15) is 23.2 Å². The molecule has 1 aromatic heterocycles. The second kappa shape index (κ2) is 17.1. The highest BCUT2D eigenvalue weighted by Gasteiger charge is 2.35. The van der Waals surface area contributed by atoms with E-state index in [2.05, 4.69) is 20.9 Å². The number of amides is 4. The number of benzene rings is 2. The molecule has 12 nitrogen and oxygen atoms in total. The normalized spacial score (nSPS) is 15.2. The number of likely N-dealkylation sites (tertiary alicyclic amines) is 1. The van der Waals surface area contributed by atoms with E-state index >= 15 is 0 Å². The summed E-state index contributed by atoms with van der Waals surface area (Å²) < 4.78 is 12.9. The van der Waals surface area contributed by atoms with Gasteiger partial charge in [0, 0.05) is 19.3 Å². The Morgan fingerprint density at radius 1 is 0.857 bits per heavy atom. The van der Waals surface area contributed by atoms with Crippen molar-refractivity contribution in [3.05, 3.63) is 84.3 Å². The fourth-order valence-electron chi connectivity index (χ4n) is 5.48. The Morgan fingerprint density at radius 3 is 2.10 bits per heavy atom. The minimum atomic E-state index is -1.42. The molecule has 1 unspecified atom stereocenters. The summed E-state index contributed by atoms with van der Waals surface area (Å²) in [6.07, 6.45) is 7.69. The first-order valence-electron chi connectivity index (χ1n) is 16.9. The number of hydrogen-bond acceptors (Lipinski definition) is 7. The molecular formula is C37H50N6O6. The molecular weight excluding hydrogens is 624 g/mol. The third-order valence-electron chi connectivity index (χ3n) is 8.07. The van der Waals surface area contributed by atoms with Gasteiger partial charge in [-0.15, -0.1) is 0 Å². The van der Waals surface area contributed by atoms with Crippen LogP contribution in [0.5, 0.6) is 0 Å². The first-order chi connectivity index (χ1) is 23.3. The molecule has 0 spiro atoms. The van der Waals surface area contributed by atoms with E-state index in [1.54, 1.807) is 31.5 Å². The molecule has 4 amide bonds. The number of carbonyl (C=O) groups excluding carboxylic acids is 4. The molecule has 0 aliphatic carbocycles. The number of imidazole rings is 1. The molecule has 49 heavy (non-hydrogen) atoms. The van der Waals surface area contributed by atoms with Crippen molar-refractivity contribution in [3.8, 4) is 0 Å². The van der Waals surface area contributed by atoms with Crippen LogP contribution in [0.4, 0.5) is 10.6 Å². The van der Waals surface area contributed by atoms with Crippen LogP contribution in [0.3, 0.4) is 0 Å². The van der Waals surface area contributed by atoms with Crippen LogP contribution in [0.25, 0.3) is 0 Å². The van der Waals surface area contributed by atoms with Crippen molar-refractivity contribution in [2.45, 2.75) is 96.6 Å². The van der Waals surface area contributed by atoms with Crippen LogP contribution in [0.1, 0.15) is 83.9 Å². The molecule has 4 rings (SSSR count). The van der Waals surface area contributed by atoms with Gasteiger partial charge in [-0.3, -0.25) is 14.4 Å². The molecule has 1 aliphatic heterocycles. The molecule has 12 heteroatoms. The van der Waals surface area contributed by atoms with Gasteiger partial charge in [-0.05, 0) is 58.6 Å². The van der Waals surface area contributed by atoms with Crippen molar-refractivity contribution in [1.82, 2.24) is 25.1 Å². The maximum Gasteiger partial charge on any atom is 0.408 e. The van der Waals surface area contributed by atoms with E-state index in [4.69, 9.17) is 9.47 Å². The van der Waals surface area contributed by atoms with Gasteiger partial charge in [-0.25, -0.2) is 9.78 Å². The highest BCUT2D eigenvalue weighted by atomic mass is 16.6. The van der Waals surface area contributed by atoms with E-state index in [-0.39, 0.29) is 24.9 Å². The van der Waals surface area contributed by atoms with Gasteiger partial charge in [0.25, 0.3) is 5.91 Å². The minimum absolute atomic E-state index is 0.0254. The summed E-state index contributed by atoms with van der Waals surface area (Å²) in [4.78, 5) is 59.9. The number of ether oxygens (including phenoxy) is 2. The molecule has 2 aromatic carbocycles. The van der Waals surface area contributed by atoms with Gasteiger partial charge >= 0.3 is 6.09 Å². The molecule has 1 fully saturated rings. The monoisotopic (exact) mass is 674 g/mol. The summed E-state index contributed by atoms with van der Waals surface area (Å²) in [5, 5.41) is 8.07. The maximum atomic E-state index is 14.0. The highest BCUT2D eigenvalue weighted by molar-refractivity contribution is 5.98. The van der Waals surface area contributed by atoms with Crippen LogP contribution in [-0.4, -0.2) is 75.1 Å². The lowest BCUT2D eigenvalue weighted by Gasteiger charge is -2.29. The van der Waals surface area contributed by atoms with Crippen LogP contribution in [-0.2, 0) is 30.5 Å². The molecule has 0 radical (unpaired) electrons. The van der Waals surface area contributed by atoms with Crippen molar-refractivity contribution in [2.75, 3.05) is 25.0 Å². The lowest BCUT2D eigenvalue weighted by Crippen LogP contribution is -2.59. The quantitative estimate of drug-likeness (QED) is 0.239. The smallest absolute Gasteiger partial charge is 0.408 e. The third-order valence-corrected chi connectivity index (χ3v) is 8.07. The molecule has 0 bridgehead atoms. The average Bonchev–Trinajstić information content (AvgIpc) is 3.47. The summed E-state index contributed by atoms with van der Waals surface area (Å²) in [7, 11) is 0. The first-order valence-corrected chi connectivity index (χ1v) is 16.9. The minimum Gasteiger partial charge on any atom is -0.444 e. The first kappa shape index (κ1) is 37.1. The van der Waals surface area contributed by atoms with Crippen molar-refractivity contribution < 1.29 is 28.7 Å². The van der Waals surface area contributed by atoms with Gasteiger partial charge in [0.15, 0.2) is 5.82 Å². The maximum absolute atomic E-state index is 14.0. The third kappa shape index (κ3) is 11.4. The van der Waals surface area contributed by atoms with Gasteiger partial charge in [0.05, 0.1) is 19.5 Å². The zero-order valence-corrected chi connectivity index (χ0v) is 29.2. The summed E-state index contributed by atoms with van der Waals surface area (Å²) in [6, 6.07) is 17.1. The fourth-order valence-corrected chi connectivity index (χ4v) is 5.48. The fraction of sp³-hybridized carbons (Fsp3) is 0.486. The Labute approximate surface area is 288 Å². The molecule has 2 heterocycles. The number of nitrogens with zero attached hydrogens (tertiary/aromatic N) is 3. The molecule has 1 aliphatic rings. The van der Waals surface area contributed by atoms with Crippen LogP contribution in [0.2, 0.25) is 0 Å². The van der Waals surface area contributed by atoms with Gasteiger partial charge < -0.3 is 34.9 Å². The van der Waals surface area contributed by atoms with E-state index < -0.39 is 41.1 Å². The predicted octanol–water partition coefficient (Wildman–Crippen LogP) is 5.21. The lowest BCUT2D eigenvalue weighted by molar-refractivity contribution is -0.134. The van der Waals surface area contributed by atoms with Crippen molar-refractivity contribution >= 4 is 29.6 Å². The lowest BCUT2D eigenvalue weighted by atomic mass is 10.0. The molecule has 1 saturated heterocycles. The Hall–Kier alpha value is -4.71. The van der Waals surface area contributed by atoms with E-state index in [0.717, 1.165) is 36.8 Å². The second-order valence-electron chi connectivity index (χ2n) is 13.9. The summed E-state index contributed by atoms with van der Waals surface area (Å²) in [5.74, 6) is -1.01. The number of rotatable bonds is 12. The molecule has 2 atom stereocenters. The van der Waals surface area contributed by atoms with E-state index in [9.17, 15) is 19.2 Å². The van der Waals surface area contributed by atoms with Gasteiger partial charge in [0.2, 0.25) is 11.8 Å². The summed E-state index contributed by atoms with van der Waals surface area (Å²) >= 11 is 0. The standard InChI is InChI=1S/C37H50N6O6/c1-36(2,3)49-35(47)41-37(4,5)34(46)39-29(25-48-24-27-17-11-9-12-18-27)32(44)40-30-23-43(26-38-30)31(28-19-13-10-14-20-28)33(45)42-21-15-7-6-8-16-22-42/h9-14,17-20,23,26,29,31H,6-8,15-16,21-22,24-25H2,1-5H3,(H,39,46)(H,40,44)(H,41,47)/t29-,31?/m1/s1. The predicted molar refractivity (Wildman–Crippen MR) is 187 cm³/mol. The van der Waals surface area contributed by atoms with E-state index in [1.807, 2.05) is 65.6 Å².